The predicted octanol–water partition coefficient (Wildman–Crippen LogP) is 0.786. The summed E-state index contributed by atoms with van der Waals surface area (Å²) in [4.78, 5) is 28.5. The molecule has 116 valence electrons. The number of carbonyl (C=O) groups excluding carboxylic acids is 2. The maximum Gasteiger partial charge on any atom is 0.240 e. The van der Waals surface area contributed by atoms with E-state index in [4.69, 9.17) is 0 Å². The van der Waals surface area contributed by atoms with E-state index in [0.29, 0.717) is 12.3 Å². The average molecular weight is 299 g/mol. The minimum Gasteiger partial charge on any atom is -0.350 e. The highest BCUT2D eigenvalue weighted by molar-refractivity contribution is 6.04. The summed E-state index contributed by atoms with van der Waals surface area (Å²) in [6, 6.07) is 7.97. The van der Waals surface area contributed by atoms with Crippen molar-refractivity contribution in [3.63, 3.8) is 0 Å². The van der Waals surface area contributed by atoms with E-state index in [-0.39, 0.29) is 24.4 Å². The number of nitrogens with one attached hydrogen (secondary N) is 1. The van der Waals surface area contributed by atoms with E-state index in [1.807, 2.05) is 24.3 Å². The fourth-order valence-electron chi connectivity index (χ4n) is 4.01. The number of nitrogens with zero attached hydrogens (tertiary/aromatic N) is 2. The van der Waals surface area contributed by atoms with Crippen molar-refractivity contribution in [1.82, 2.24) is 10.2 Å². The molecule has 2 bridgehead atoms. The van der Waals surface area contributed by atoms with E-state index in [2.05, 4.69) is 10.2 Å². The van der Waals surface area contributed by atoms with Crippen LogP contribution in [-0.2, 0) is 16.0 Å². The largest absolute Gasteiger partial charge is 0.350 e. The van der Waals surface area contributed by atoms with Crippen LogP contribution < -0.4 is 10.2 Å². The van der Waals surface area contributed by atoms with Crippen molar-refractivity contribution in [2.75, 3.05) is 31.1 Å². The third-order valence-corrected chi connectivity index (χ3v) is 5.23. The van der Waals surface area contributed by atoms with E-state index in [9.17, 15) is 9.59 Å². The smallest absolute Gasteiger partial charge is 0.240 e. The molecule has 1 atom stereocenters. The number of benzene rings is 1. The maximum absolute atomic E-state index is 12.4. The minimum absolute atomic E-state index is 0.0188. The van der Waals surface area contributed by atoms with Gasteiger partial charge in [-0.15, -0.1) is 0 Å². The zero-order valence-corrected chi connectivity index (χ0v) is 12.6. The highest BCUT2D eigenvalue weighted by Crippen LogP contribution is 2.29. The second kappa shape index (κ2) is 5.39. The van der Waals surface area contributed by atoms with Gasteiger partial charge in [0.25, 0.3) is 0 Å². The Labute approximate surface area is 130 Å². The van der Waals surface area contributed by atoms with Crippen molar-refractivity contribution in [2.45, 2.75) is 25.3 Å². The molecule has 1 unspecified atom stereocenters. The summed E-state index contributed by atoms with van der Waals surface area (Å²) in [7, 11) is 0. The summed E-state index contributed by atoms with van der Waals surface area (Å²) in [6.07, 6.45) is 2.76. The zero-order valence-electron chi connectivity index (χ0n) is 12.6. The Morgan fingerprint density at radius 3 is 2.73 bits per heavy atom. The van der Waals surface area contributed by atoms with Crippen molar-refractivity contribution >= 4 is 17.5 Å². The van der Waals surface area contributed by atoms with Gasteiger partial charge in [0, 0.05) is 18.3 Å². The van der Waals surface area contributed by atoms with Crippen LogP contribution in [0.2, 0.25) is 0 Å². The molecular weight excluding hydrogens is 278 g/mol. The molecule has 1 N–H and O–H groups in total. The lowest BCUT2D eigenvalue weighted by Gasteiger charge is -2.45. The monoisotopic (exact) mass is 299 g/mol. The Balaban J connectivity index is 1.41. The fourth-order valence-corrected chi connectivity index (χ4v) is 4.01. The van der Waals surface area contributed by atoms with E-state index in [1.54, 1.807) is 4.90 Å². The van der Waals surface area contributed by atoms with E-state index in [1.165, 1.54) is 12.8 Å². The summed E-state index contributed by atoms with van der Waals surface area (Å²) < 4.78 is 0. The van der Waals surface area contributed by atoms with E-state index < -0.39 is 0 Å². The molecule has 5 heteroatoms. The van der Waals surface area contributed by atoms with Crippen molar-refractivity contribution in [2.24, 2.45) is 5.92 Å². The quantitative estimate of drug-likeness (QED) is 0.897. The molecule has 4 aliphatic rings. The van der Waals surface area contributed by atoms with Crippen molar-refractivity contribution in [1.29, 1.82) is 0 Å². The topological polar surface area (TPSA) is 52.7 Å². The lowest BCUT2D eigenvalue weighted by atomic mass is 9.84. The van der Waals surface area contributed by atoms with Gasteiger partial charge in [0.05, 0.1) is 6.42 Å². The lowest BCUT2D eigenvalue weighted by Crippen LogP contribution is -2.58. The Morgan fingerprint density at radius 1 is 1.23 bits per heavy atom. The first-order chi connectivity index (χ1) is 10.7. The molecule has 5 rings (SSSR count). The summed E-state index contributed by atoms with van der Waals surface area (Å²) in [6.45, 7) is 3.42. The molecule has 2 amide bonds. The minimum atomic E-state index is -0.0381. The number of amides is 2. The van der Waals surface area contributed by atoms with Gasteiger partial charge >= 0.3 is 0 Å². The summed E-state index contributed by atoms with van der Waals surface area (Å²) in [5.41, 5.74) is 1.90. The number of piperidine rings is 3. The van der Waals surface area contributed by atoms with Crippen LogP contribution in [0.4, 0.5) is 5.69 Å². The first-order valence-corrected chi connectivity index (χ1v) is 8.11. The van der Waals surface area contributed by atoms with Gasteiger partial charge in [-0.1, -0.05) is 18.2 Å². The Kier molecular flexibility index (Phi) is 3.37. The molecule has 4 aliphatic heterocycles. The molecule has 5 nitrogen and oxygen atoms in total. The van der Waals surface area contributed by atoms with Gasteiger partial charge in [-0.05, 0) is 43.5 Å². The van der Waals surface area contributed by atoms with Crippen molar-refractivity contribution in [3.05, 3.63) is 29.8 Å². The van der Waals surface area contributed by atoms with Crippen molar-refractivity contribution < 1.29 is 9.59 Å². The summed E-state index contributed by atoms with van der Waals surface area (Å²) in [5.74, 6) is 0.588. The summed E-state index contributed by atoms with van der Waals surface area (Å²) in [5, 5.41) is 3.15. The number of anilines is 1. The van der Waals surface area contributed by atoms with Crippen LogP contribution in [0.15, 0.2) is 24.3 Å². The number of hydrogen-bond donors (Lipinski definition) is 1. The third kappa shape index (κ3) is 2.39. The maximum atomic E-state index is 12.4. The molecule has 0 radical (unpaired) electrons. The molecule has 1 aromatic rings. The van der Waals surface area contributed by atoms with Crippen LogP contribution in [0.25, 0.3) is 0 Å². The molecule has 0 aliphatic carbocycles. The fraction of sp³-hybridized carbons (Fsp3) is 0.529. The Morgan fingerprint density at radius 2 is 2.00 bits per heavy atom. The molecule has 22 heavy (non-hydrogen) atoms. The third-order valence-electron chi connectivity index (χ3n) is 5.23. The average Bonchev–Trinajstić information content (AvgIpc) is 2.84. The van der Waals surface area contributed by atoms with Crippen LogP contribution in [0.5, 0.6) is 0 Å². The molecular formula is C17H21N3O2. The number of fused-ring (bicyclic) bond motifs is 4. The molecule has 0 aromatic heterocycles. The molecule has 3 saturated heterocycles. The molecule has 3 fully saturated rings. The van der Waals surface area contributed by atoms with Gasteiger partial charge in [-0.25, -0.2) is 0 Å². The Hall–Kier alpha value is -1.88. The second-order valence-electron chi connectivity index (χ2n) is 6.60. The second-order valence-corrected chi connectivity index (χ2v) is 6.60. The highest BCUT2D eigenvalue weighted by Gasteiger charge is 2.35. The number of para-hydroxylation sites is 1. The van der Waals surface area contributed by atoms with Crippen LogP contribution in [0.3, 0.4) is 0 Å². The van der Waals surface area contributed by atoms with Gasteiger partial charge in [-0.2, -0.15) is 0 Å². The molecule has 1 aromatic carbocycles. The zero-order chi connectivity index (χ0) is 15.1. The highest BCUT2D eigenvalue weighted by atomic mass is 16.2. The van der Waals surface area contributed by atoms with E-state index in [0.717, 1.165) is 30.9 Å². The van der Waals surface area contributed by atoms with Gasteiger partial charge in [0.1, 0.15) is 6.54 Å². The lowest BCUT2D eigenvalue weighted by molar-refractivity contribution is -0.124. The summed E-state index contributed by atoms with van der Waals surface area (Å²) >= 11 is 0. The predicted molar refractivity (Wildman–Crippen MR) is 83.6 cm³/mol. The SMILES string of the molecule is O=C(CN1C(=O)Cc2ccccc21)NC1CN2CCC1CC2. The Bertz CT molecular complexity index is 608. The van der Waals surface area contributed by atoms with Gasteiger partial charge in [0.2, 0.25) is 11.8 Å². The normalized spacial score (nSPS) is 29.5. The van der Waals surface area contributed by atoms with Crippen LogP contribution in [0.1, 0.15) is 18.4 Å². The molecule has 4 heterocycles. The number of hydrogen-bond acceptors (Lipinski definition) is 3. The molecule has 0 saturated carbocycles. The first kappa shape index (κ1) is 13.8. The standard InChI is InChI=1S/C17H21N3O2/c21-16(18-14-10-19-7-5-12(14)6-8-19)11-20-15-4-2-1-3-13(15)9-17(20)22/h1-4,12,14H,5-11H2,(H,18,21). The molecule has 0 spiro atoms. The van der Waals surface area contributed by atoms with Crippen molar-refractivity contribution in [3.8, 4) is 0 Å². The van der Waals surface area contributed by atoms with Crippen LogP contribution in [-0.4, -0.2) is 48.9 Å². The first-order valence-electron chi connectivity index (χ1n) is 8.11. The number of carbonyl (C=O) groups is 2. The van der Waals surface area contributed by atoms with Crippen LogP contribution in [0, 0.1) is 5.92 Å². The number of rotatable bonds is 3. The van der Waals surface area contributed by atoms with Gasteiger partial charge in [0.15, 0.2) is 0 Å². The van der Waals surface area contributed by atoms with Crippen LogP contribution >= 0.6 is 0 Å². The van der Waals surface area contributed by atoms with E-state index >= 15 is 0 Å². The van der Waals surface area contributed by atoms with Gasteiger partial charge in [-0.3, -0.25) is 9.59 Å². The van der Waals surface area contributed by atoms with Gasteiger partial charge < -0.3 is 15.1 Å².